The van der Waals surface area contributed by atoms with Crippen molar-refractivity contribution in [1.29, 1.82) is 0 Å². The summed E-state index contributed by atoms with van der Waals surface area (Å²) in [6, 6.07) is 0. The third-order valence-electron chi connectivity index (χ3n) is 4.62. The molecule has 2 amide bonds. The standard InChI is InChI=1S/C17H26N4O3/c1-11(2)8-15(22)21-9-13(10-21)16-18-14(19-24-16)6-7-20(3)17(23)12-4-5-12/h11-13H,4-10H2,1-3H3. The van der Waals surface area contributed by atoms with Crippen LogP contribution in [0.15, 0.2) is 4.52 Å². The van der Waals surface area contributed by atoms with Gasteiger partial charge in [0, 0.05) is 45.4 Å². The van der Waals surface area contributed by atoms with Crippen LogP contribution < -0.4 is 0 Å². The molecule has 0 aromatic carbocycles. The molecule has 0 bridgehead atoms. The normalized spacial score (nSPS) is 17.9. The largest absolute Gasteiger partial charge is 0.345 e. The first-order chi connectivity index (χ1) is 11.4. The first-order valence-electron chi connectivity index (χ1n) is 8.79. The van der Waals surface area contributed by atoms with Gasteiger partial charge in [0.25, 0.3) is 0 Å². The van der Waals surface area contributed by atoms with Gasteiger partial charge >= 0.3 is 0 Å². The Morgan fingerprint density at radius 3 is 2.67 bits per heavy atom. The molecule has 24 heavy (non-hydrogen) atoms. The maximum Gasteiger partial charge on any atom is 0.233 e. The highest BCUT2D eigenvalue weighted by atomic mass is 16.5. The zero-order valence-electron chi connectivity index (χ0n) is 14.7. The second-order valence-electron chi connectivity index (χ2n) is 7.43. The van der Waals surface area contributed by atoms with Crippen LogP contribution in [0.25, 0.3) is 0 Å². The minimum Gasteiger partial charge on any atom is -0.345 e. The van der Waals surface area contributed by atoms with Crippen molar-refractivity contribution >= 4 is 11.8 Å². The maximum atomic E-state index is 11.9. The van der Waals surface area contributed by atoms with Crippen molar-refractivity contribution in [3.8, 4) is 0 Å². The fraction of sp³-hybridized carbons (Fsp3) is 0.765. The summed E-state index contributed by atoms with van der Waals surface area (Å²) in [6.07, 6.45) is 3.22. The van der Waals surface area contributed by atoms with Crippen LogP contribution in [0.3, 0.4) is 0 Å². The molecule has 2 aliphatic rings. The van der Waals surface area contributed by atoms with Crippen LogP contribution in [0, 0.1) is 11.8 Å². The lowest BCUT2D eigenvalue weighted by Crippen LogP contribution is -2.48. The first kappa shape index (κ1) is 16.9. The fourth-order valence-electron chi connectivity index (χ4n) is 2.87. The van der Waals surface area contributed by atoms with Crippen molar-refractivity contribution in [3.63, 3.8) is 0 Å². The molecule has 1 aromatic heterocycles. The molecule has 1 aromatic rings. The second kappa shape index (κ2) is 6.91. The molecule has 2 fully saturated rings. The molecule has 0 atom stereocenters. The van der Waals surface area contributed by atoms with E-state index < -0.39 is 0 Å². The molecule has 0 N–H and O–H groups in total. The zero-order valence-corrected chi connectivity index (χ0v) is 14.7. The highest BCUT2D eigenvalue weighted by Crippen LogP contribution is 2.30. The van der Waals surface area contributed by atoms with Crippen molar-refractivity contribution in [1.82, 2.24) is 19.9 Å². The highest BCUT2D eigenvalue weighted by molar-refractivity contribution is 5.80. The van der Waals surface area contributed by atoms with Gasteiger partial charge in [-0.25, -0.2) is 0 Å². The second-order valence-corrected chi connectivity index (χ2v) is 7.43. The number of likely N-dealkylation sites (tertiary alicyclic amines) is 1. The third kappa shape index (κ3) is 3.94. The summed E-state index contributed by atoms with van der Waals surface area (Å²) in [5, 5.41) is 4.00. The van der Waals surface area contributed by atoms with Crippen molar-refractivity contribution in [2.24, 2.45) is 11.8 Å². The number of rotatable bonds is 7. The van der Waals surface area contributed by atoms with E-state index in [0.29, 0.717) is 50.1 Å². The van der Waals surface area contributed by atoms with Crippen molar-refractivity contribution in [2.75, 3.05) is 26.7 Å². The zero-order chi connectivity index (χ0) is 17.3. The number of amides is 2. The lowest BCUT2D eigenvalue weighted by atomic mass is 9.98. The minimum atomic E-state index is 0.146. The molecule has 7 nitrogen and oxygen atoms in total. The Hall–Kier alpha value is -1.92. The number of hydrogen-bond acceptors (Lipinski definition) is 5. The molecular formula is C17H26N4O3. The average molecular weight is 334 g/mol. The van der Waals surface area contributed by atoms with Crippen LogP contribution in [0.1, 0.15) is 50.7 Å². The number of hydrogen-bond donors (Lipinski definition) is 0. The van der Waals surface area contributed by atoms with E-state index in [1.54, 1.807) is 4.90 Å². The predicted octanol–water partition coefficient (Wildman–Crippen LogP) is 1.45. The quantitative estimate of drug-likeness (QED) is 0.754. The molecule has 1 aliphatic carbocycles. The number of nitrogens with zero attached hydrogens (tertiary/aromatic N) is 4. The summed E-state index contributed by atoms with van der Waals surface area (Å²) in [7, 11) is 1.83. The highest BCUT2D eigenvalue weighted by Gasteiger charge is 2.35. The van der Waals surface area contributed by atoms with Gasteiger partial charge in [0.2, 0.25) is 17.7 Å². The molecule has 0 radical (unpaired) electrons. The van der Waals surface area contributed by atoms with E-state index >= 15 is 0 Å². The Morgan fingerprint density at radius 1 is 1.33 bits per heavy atom. The van der Waals surface area contributed by atoms with E-state index in [4.69, 9.17) is 4.52 Å². The summed E-state index contributed by atoms with van der Waals surface area (Å²) in [4.78, 5) is 31.9. The van der Waals surface area contributed by atoms with Gasteiger partial charge in [-0.3, -0.25) is 9.59 Å². The van der Waals surface area contributed by atoms with E-state index in [-0.39, 0.29) is 23.7 Å². The van der Waals surface area contributed by atoms with Gasteiger partial charge in [-0.15, -0.1) is 0 Å². The molecule has 0 spiro atoms. The van der Waals surface area contributed by atoms with E-state index in [1.165, 1.54) is 0 Å². The summed E-state index contributed by atoms with van der Waals surface area (Å²) in [5.74, 6) is 2.41. The van der Waals surface area contributed by atoms with E-state index in [9.17, 15) is 9.59 Å². The summed E-state index contributed by atoms with van der Waals surface area (Å²) in [5.41, 5.74) is 0. The Labute approximate surface area is 142 Å². The van der Waals surface area contributed by atoms with Gasteiger partial charge < -0.3 is 14.3 Å². The molecule has 132 valence electrons. The van der Waals surface area contributed by atoms with Crippen molar-refractivity contribution < 1.29 is 14.1 Å². The number of aromatic nitrogens is 2. The van der Waals surface area contributed by atoms with Crippen LogP contribution in [0.5, 0.6) is 0 Å². The summed E-state index contributed by atoms with van der Waals surface area (Å²) < 4.78 is 5.33. The van der Waals surface area contributed by atoms with Crippen LogP contribution in [0.4, 0.5) is 0 Å². The van der Waals surface area contributed by atoms with Gasteiger partial charge in [-0.1, -0.05) is 19.0 Å². The maximum absolute atomic E-state index is 11.9. The van der Waals surface area contributed by atoms with E-state index in [2.05, 4.69) is 10.1 Å². The molecule has 1 saturated carbocycles. The SMILES string of the molecule is CC(C)CC(=O)N1CC(c2nc(CCN(C)C(=O)C3CC3)no2)C1. The van der Waals surface area contributed by atoms with Crippen molar-refractivity contribution in [2.45, 2.75) is 45.4 Å². The molecule has 2 heterocycles. The molecule has 3 rings (SSSR count). The van der Waals surface area contributed by atoms with Crippen LogP contribution >= 0.6 is 0 Å². The lowest BCUT2D eigenvalue weighted by molar-refractivity contribution is -0.136. The number of carbonyl (C=O) groups excluding carboxylic acids is 2. The smallest absolute Gasteiger partial charge is 0.233 e. The summed E-state index contributed by atoms with van der Waals surface area (Å²) in [6.45, 7) is 6.02. The monoisotopic (exact) mass is 334 g/mol. The van der Waals surface area contributed by atoms with E-state index in [0.717, 1.165) is 12.8 Å². The Morgan fingerprint density at radius 2 is 2.04 bits per heavy atom. The first-order valence-corrected chi connectivity index (χ1v) is 8.79. The van der Waals surface area contributed by atoms with Crippen LogP contribution in [-0.4, -0.2) is 58.4 Å². The minimum absolute atomic E-state index is 0.146. The molecular weight excluding hydrogens is 308 g/mol. The lowest BCUT2D eigenvalue weighted by Gasteiger charge is -2.37. The van der Waals surface area contributed by atoms with Gasteiger partial charge in [-0.2, -0.15) is 4.98 Å². The number of carbonyl (C=O) groups is 2. The fourth-order valence-corrected chi connectivity index (χ4v) is 2.87. The predicted molar refractivity (Wildman–Crippen MR) is 87.1 cm³/mol. The van der Waals surface area contributed by atoms with Crippen LogP contribution in [-0.2, 0) is 16.0 Å². The van der Waals surface area contributed by atoms with Crippen molar-refractivity contribution in [3.05, 3.63) is 11.7 Å². The number of likely N-dealkylation sites (N-methyl/N-ethyl adjacent to an activating group) is 1. The summed E-state index contributed by atoms with van der Waals surface area (Å²) >= 11 is 0. The molecule has 7 heteroatoms. The average Bonchev–Trinajstić information content (AvgIpc) is 3.22. The molecule has 0 unspecified atom stereocenters. The van der Waals surface area contributed by atoms with Gasteiger partial charge in [-0.05, 0) is 18.8 Å². The van der Waals surface area contributed by atoms with Gasteiger partial charge in [0.15, 0.2) is 5.82 Å². The van der Waals surface area contributed by atoms with E-state index in [1.807, 2.05) is 25.8 Å². The Bertz CT molecular complexity index is 603. The Kier molecular flexibility index (Phi) is 4.87. The van der Waals surface area contributed by atoms with Gasteiger partial charge in [0.05, 0.1) is 5.92 Å². The Balaban J connectivity index is 1.43. The van der Waals surface area contributed by atoms with Gasteiger partial charge in [0.1, 0.15) is 0 Å². The topological polar surface area (TPSA) is 79.5 Å². The van der Waals surface area contributed by atoms with Crippen LogP contribution in [0.2, 0.25) is 0 Å². The third-order valence-corrected chi connectivity index (χ3v) is 4.62. The molecule has 1 aliphatic heterocycles. The molecule has 1 saturated heterocycles.